The zero-order valence-corrected chi connectivity index (χ0v) is 11.9. The minimum absolute atomic E-state index is 0.0676. The van der Waals surface area contributed by atoms with Crippen molar-refractivity contribution in [2.75, 3.05) is 11.9 Å². The van der Waals surface area contributed by atoms with Gasteiger partial charge in [0.1, 0.15) is 0 Å². The molecule has 0 aliphatic carbocycles. The van der Waals surface area contributed by atoms with E-state index in [9.17, 15) is 4.79 Å². The van der Waals surface area contributed by atoms with Crippen LogP contribution in [0.2, 0.25) is 0 Å². The van der Waals surface area contributed by atoms with Gasteiger partial charge in [-0.1, -0.05) is 36.4 Å². The Morgan fingerprint density at radius 2 is 1.80 bits per heavy atom. The Morgan fingerprint density at radius 1 is 1.10 bits per heavy atom. The van der Waals surface area contributed by atoms with E-state index in [1.807, 2.05) is 62.4 Å². The van der Waals surface area contributed by atoms with Crippen molar-refractivity contribution in [3.05, 3.63) is 65.2 Å². The summed E-state index contributed by atoms with van der Waals surface area (Å²) in [4.78, 5) is 12.3. The summed E-state index contributed by atoms with van der Waals surface area (Å²) in [6.45, 7) is 4.37. The van der Waals surface area contributed by atoms with Crippen molar-refractivity contribution in [2.24, 2.45) is 5.73 Å². The monoisotopic (exact) mass is 268 g/mol. The van der Waals surface area contributed by atoms with Crippen LogP contribution in [0.4, 0.5) is 5.69 Å². The van der Waals surface area contributed by atoms with Gasteiger partial charge in [0, 0.05) is 12.2 Å². The van der Waals surface area contributed by atoms with E-state index in [4.69, 9.17) is 5.73 Å². The fourth-order valence-corrected chi connectivity index (χ4v) is 2.13. The lowest BCUT2D eigenvalue weighted by molar-refractivity contribution is -0.117. The fourth-order valence-electron chi connectivity index (χ4n) is 2.13. The molecular formula is C17H20N2O. The van der Waals surface area contributed by atoms with Gasteiger partial charge < -0.3 is 11.1 Å². The second kappa shape index (κ2) is 6.35. The first-order valence-corrected chi connectivity index (χ1v) is 6.75. The molecule has 0 radical (unpaired) electrons. The molecule has 0 fully saturated rings. The number of anilines is 1. The van der Waals surface area contributed by atoms with Crippen molar-refractivity contribution in [3.8, 4) is 0 Å². The zero-order chi connectivity index (χ0) is 14.5. The molecule has 1 atom stereocenters. The molecule has 0 bridgehead atoms. The Kier molecular flexibility index (Phi) is 4.53. The molecule has 3 nitrogen and oxygen atoms in total. The van der Waals surface area contributed by atoms with E-state index in [1.54, 1.807) is 0 Å². The predicted molar refractivity (Wildman–Crippen MR) is 82.8 cm³/mol. The third kappa shape index (κ3) is 3.25. The Hall–Kier alpha value is -2.13. The second-order valence-electron chi connectivity index (χ2n) is 4.99. The lowest BCUT2D eigenvalue weighted by Gasteiger charge is -2.16. The molecule has 0 saturated carbocycles. The molecule has 0 heterocycles. The highest BCUT2D eigenvalue weighted by molar-refractivity contribution is 5.96. The molecule has 0 aliphatic rings. The summed E-state index contributed by atoms with van der Waals surface area (Å²) in [5.41, 5.74) is 9.87. The number of rotatable bonds is 4. The third-order valence-electron chi connectivity index (χ3n) is 3.53. The van der Waals surface area contributed by atoms with Crippen LogP contribution >= 0.6 is 0 Å². The molecule has 0 spiro atoms. The van der Waals surface area contributed by atoms with Gasteiger partial charge in [0.05, 0.1) is 5.92 Å². The van der Waals surface area contributed by atoms with Gasteiger partial charge in [0.2, 0.25) is 5.91 Å². The molecule has 0 aromatic heterocycles. The first kappa shape index (κ1) is 14.3. The number of aryl methyl sites for hydroxylation is 2. The van der Waals surface area contributed by atoms with Crippen LogP contribution in [0, 0.1) is 13.8 Å². The second-order valence-corrected chi connectivity index (χ2v) is 4.99. The maximum absolute atomic E-state index is 12.3. The minimum Gasteiger partial charge on any atom is -0.329 e. The largest absolute Gasteiger partial charge is 0.329 e. The van der Waals surface area contributed by atoms with Gasteiger partial charge >= 0.3 is 0 Å². The van der Waals surface area contributed by atoms with Gasteiger partial charge in [0.15, 0.2) is 0 Å². The van der Waals surface area contributed by atoms with Crippen molar-refractivity contribution in [1.29, 1.82) is 0 Å². The van der Waals surface area contributed by atoms with Crippen LogP contribution in [0.1, 0.15) is 22.6 Å². The number of benzene rings is 2. The fraction of sp³-hybridized carbons (Fsp3) is 0.235. The maximum Gasteiger partial charge on any atom is 0.233 e. The summed E-state index contributed by atoms with van der Waals surface area (Å²) in [6, 6.07) is 15.5. The molecule has 0 aliphatic heterocycles. The van der Waals surface area contributed by atoms with Crippen LogP contribution in [0.25, 0.3) is 0 Å². The first-order valence-electron chi connectivity index (χ1n) is 6.75. The summed E-state index contributed by atoms with van der Waals surface area (Å²) in [7, 11) is 0. The smallest absolute Gasteiger partial charge is 0.233 e. The highest BCUT2D eigenvalue weighted by Crippen LogP contribution is 2.19. The highest BCUT2D eigenvalue weighted by atomic mass is 16.1. The van der Waals surface area contributed by atoms with Gasteiger partial charge in [-0.15, -0.1) is 0 Å². The third-order valence-corrected chi connectivity index (χ3v) is 3.53. The standard InChI is InChI=1S/C17H20N2O/c1-12-8-9-15(10-13(12)2)19-17(20)16(11-18)14-6-4-3-5-7-14/h3-10,16H,11,18H2,1-2H3,(H,19,20). The summed E-state index contributed by atoms with van der Waals surface area (Å²) in [5, 5.41) is 2.94. The molecule has 20 heavy (non-hydrogen) atoms. The van der Waals surface area contributed by atoms with Crippen molar-refractivity contribution >= 4 is 11.6 Å². The average Bonchev–Trinajstić information content (AvgIpc) is 2.45. The van der Waals surface area contributed by atoms with Crippen molar-refractivity contribution < 1.29 is 4.79 Å². The molecular weight excluding hydrogens is 248 g/mol. The molecule has 0 saturated heterocycles. The summed E-state index contributed by atoms with van der Waals surface area (Å²) in [5.74, 6) is -0.389. The SMILES string of the molecule is Cc1ccc(NC(=O)C(CN)c2ccccc2)cc1C. The quantitative estimate of drug-likeness (QED) is 0.895. The molecule has 3 N–H and O–H groups in total. The van der Waals surface area contributed by atoms with E-state index in [0.29, 0.717) is 6.54 Å². The van der Waals surface area contributed by atoms with Crippen LogP contribution in [-0.4, -0.2) is 12.5 Å². The normalized spacial score (nSPS) is 11.9. The Balaban J connectivity index is 2.15. The van der Waals surface area contributed by atoms with Crippen molar-refractivity contribution in [3.63, 3.8) is 0 Å². The number of hydrogen-bond donors (Lipinski definition) is 2. The van der Waals surface area contributed by atoms with Crippen LogP contribution in [-0.2, 0) is 4.79 Å². The van der Waals surface area contributed by atoms with Crippen LogP contribution in [0.15, 0.2) is 48.5 Å². The van der Waals surface area contributed by atoms with Gasteiger partial charge in [-0.3, -0.25) is 4.79 Å². The first-order chi connectivity index (χ1) is 9.61. The maximum atomic E-state index is 12.3. The van der Waals surface area contributed by atoms with Crippen LogP contribution in [0.5, 0.6) is 0 Å². The van der Waals surface area contributed by atoms with Crippen LogP contribution in [0.3, 0.4) is 0 Å². The van der Waals surface area contributed by atoms with Gasteiger partial charge in [-0.2, -0.15) is 0 Å². The van der Waals surface area contributed by atoms with E-state index in [2.05, 4.69) is 5.32 Å². The molecule has 1 unspecified atom stereocenters. The number of carbonyl (C=O) groups excluding carboxylic acids is 1. The minimum atomic E-state index is -0.321. The van der Waals surface area contributed by atoms with E-state index in [1.165, 1.54) is 5.56 Å². The number of nitrogens with two attached hydrogens (primary N) is 1. The lowest BCUT2D eigenvalue weighted by Crippen LogP contribution is -2.27. The summed E-state index contributed by atoms with van der Waals surface area (Å²) < 4.78 is 0. The van der Waals surface area contributed by atoms with E-state index in [-0.39, 0.29) is 11.8 Å². The van der Waals surface area contributed by atoms with E-state index in [0.717, 1.165) is 16.8 Å². The summed E-state index contributed by atoms with van der Waals surface area (Å²) >= 11 is 0. The van der Waals surface area contributed by atoms with Crippen molar-refractivity contribution in [1.82, 2.24) is 0 Å². The van der Waals surface area contributed by atoms with Gasteiger partial charge in [-0.05, 0) is 42.7 Å². The van der Waals surface area contributed by atoms with Gasteiger partial charge in [-0.25, -0.2) is 0 Å². The number of nitrogens with one attached hydrogen (secondary N) is 1. The lowest BCUT2D eigenvalue weighted by atomic mass is 9.98. The average molecular weight is 268 g/mol. The van der Waals surface area contributed by atoms with E-state index < -0.39 is 0 Å². The Morgan fingerprint density at radius 3 is 2.40 bits per heavy atom. The molecule has 2 rings (SSSR count). The number of hydrogen-bond acceptors (Lipinski definition) is 2. The van der Waals surface area contributed by atoms with Crippen molar-refractivity contribution in [2.45, 2.75) is 19.8 Å². The van der Waals surface area contributed by atoms with Gasteiger partial charge in [0.25, 0.3) is 0 Å². The zero-order valence-electron chi connectivity index (χ0n) is 11.9. The summed E-state index contributed by atoms with van der Waals surface area (Å²) in [6.07, 6.45) is 0. The Bertz CT molecular complexity index is 593. The number of amides is 1. The number of carbonyl (C=O) groups is 1. The molecule has 2 aromatic rings. The predicted octanol–water partition coefficient (Wildman–Crippen LogP) is 2.98. The van der Waals surface area contributed by atoms with E-state index >= 15 is 0 Å². The molecule has 2 aromatic carbocycles. The topological polar surface area (TPSA) is 55.1 Å². The Labute approximate surface area is 119 Å². The molecule has 104 valence electrons. The molecule has 1 amide bonds. The molecule has 3 heteroatoms. The highest BCUT2D eigenvalue weighted by Gasteiger charge is 2.18. The van der Waals surface area contributed by atoms with Crippen LogP contribution < -0.4 is 11.1 Å².